The van der Waals surface area contributed by atoms with Gasteiger partial charge in [0.25, 0.3) is 0 Å². The Hall–Kier alpha value is -4.91. The van der Waals surface area contributed by atoms with E-state index in [2.05, 4.69) is 15.3 Å². The molecule has 0 spiro atoms. The first-order chi connectivity index (χ1) is 17.7. The van der Waals surface area contributed by atoms with Crippen molar-refractivity contribution < 1.29 is 19.3 Å². The van der Waals surface area contributed by atoms with Crippen LogP contribution in [-0.2, 0) is 19.3 Å². The van der Waals surface area contributed by atoms with Gasteiger partial charge in [-0.1, -0.05) is 107 Å². The van der Waals surface area contributed by atoms with E-state index >= 15 is 0 Å². The number of hydrogen-bond acceptors (Lipinski definition) is 7. The van der Waals surface area contributed by atoms with Gasteiger partial charge in [-0.25, -0.2) is 9.59 Å². The minimum atomic E-state index is -0.674. The van der Waals surface area contributed by atoms with E-state index in [4.69, 9.17) is 9.68 Å². The van der Waals surface area contributed by atoms with Gasteiger partial charge in [0.1, 0.15) is 11.4 Å². The molecule has 3 aromatic carbocycles. The van der Waals surface area contributed by atoms with Crippen LogP contribution in [0.3, 0.4) is 0 Å². The molecule has 7 nitrogen and oxygen atoms in total. The van der Waals surface area contributed by atoms with Crippen molar-refractivity contribution in [2.45, 2.75) is 12.8 Å². The summed E-state index contributed by atoms with van der Waals surface area (Å²) < 4.78 is 0. The van der Waals surface area contributed by atoms with E-state index in [0.717, 1.165) is 16.7 Å². The minimum absolute atomic E-state index is 0.209. The highest BCUT2D eigenvalue weighted by Crippen LogP contribution is 2.12. The summed E-state index contributed by atoms with van der Waals surface area (Å²) >= 11 is 0. The van der Waals surface area contributed by atoms with Gasteiger partial charge in [0.05, 0.1) is 18.5 Å². The van der Waals surface area contributed by atoms with Gasteiger partial charge in [-0.05, 0) is 12.1 Å². The highest BCUT2D eigenvalue weighted by Gasteiger charge is 2.14. The summed E-state index contributed by atoms with van der Waals surface area (Å²) in [6.45, 7) is 0. The molecule has 4 aromatic rings. The zero-order valence-electron chi connectivity index (χ0n) is 19.4. The lowest BCUT2D eigenvalue weighted by Gasteiger charge is -2.07. The van der Waals surface area contributed by atoms with E-state index in [1.54, 1.807) is 18.3 Å². The van der Waals surface area contributed by atoms with Crippen LogP contribution in [0.1, 0.15) is 35.2 Å². The maximum Gasteiger partial charge on any atom is 0.335 e. The van der Waals surface area contributed by atoms with Gasteiger partial charge in [-0.3, -0.25) is 4.98 Å². The highest BCUT2D eigenvalue weighted by molar-refractivity contribution is 6.13. The number of aromatic nitrogens is 1. The Labute approximate surface area is 208 Å². The molecule has 1 aromatic heterocycles. The van der Waals surface area contributed by atoms with Crippen LogP contribution in [0.15, 0.2) is 126 Å². The molecule has 0 aliphatic heterocycles. The Morgan fingerprint density at radius 3 is 1.42 bits per heavy atom. The van der Waals surface area contributed by atoms with E-state index < -0.39 is 11.9 Å². The number of hydrogen-bond donors (Lipinski definition) is 0. The largest absolute Gasteiger partial charge is 0.335 e. The molecule has 0 N–H and O–H groups in total. The number of carbonyl (C=O) groups is 2. The smallest absolute Gasteiger partial charge is 0.318 e. The predicted octanol–water partition coefficient (Wildman–Crippen LogP) is 5.15. The van der Waals surface area contributed by atoms with Crippen molar-refractivity contribution in [1.29, 1.82) is 0 Å². The van der Waals surface area contributed by atoms with Gasteiger partial charge >= 0.3 is 11.9 Å². The van der Waals surface area contributed by atoms with Crippen LogP contribution < -0.4 is 0 Å². The summed E-state index contributed by atoms with van der Waals surface area (Å²) in [5.74, 6) is -1.33. The van der Waals surface area contributed by atoms with Crippen LogP contribution in [-0.4, -0.2) is 28.3 Å². The molecule has 0 aliphatic carbocycles. The van der Waals surface area contributed by atoms with Crippen LogP contribution in [0.4, 0.5) is 0 Å². The monoisotopic (exact) mass is 477 g/mol. The third-order valence-electron chi connectivity index (χ3n) is 5.06. The topological polar surface area (TPSA) is 90.2 Å². The van der Waals surface area contributed by atoms with E-state index in [1.807, 2.05) is 97.1 Å². The summed E-state index contributed by atoms with van der Waals surface area (Å²) in [5, 5.41) is 8.10. The number of carbonyl (C=O) groups excluding carboxylic acids is 2. The van der Waals surface area contributed by atoms with Gasteiger partial charge in [0.15, 0.2) is 0 Å². The molecule has 7 heteroatoms. The molecular weight excluding hydrogens is 454 g/mol. The molecule has 178 valence electrons. The van der Waals surface area contributed by atoms with Crippen LogP contribution in [0.2, 0.25) is 0 Å². The Kier molecular flexibility index (Phi) is 8.43. The highest BCUT2D eigenvalue weighted by atomic mass is 16.7. The molecule has 0 atom stereocenters. The van der Waals surface area contributed by atoms with Crippen molar-refractivity contribution in [3.8, 4) is 0 Å². The lowest BCUT2D eigenvalue weighted by molar-refractivity contribution is -0.150. The van der Waals surface area contributed by atoms with Crippen molar-refractivity contribution >= 4 is 23.4 Å². The van der Waals surface area contributed by atoms with Crippen LogP contribution >= 0.6 is 0 Å². The molecular formula is C29H23N3O4. The van der Waals surface area contributed by atoms with Gasteiger partial charge in [-0.15, -0.1) is 0 Å². The molecule has 0 fully saturated rings. The third-order valence-corrected chi connectivity index (χ3v) is 5.06. The number of benzene rings is 3. The second-order valence-corrected chi connectivity index (χ2v) is 7.62. The first-order valence-electron chi connectivity index (χ1n) is 11.3. The molecule has 0 unspecified atom stereocenters. The molecule has 0 radical (unpaired) electrons. The molecule has 36 heavy (non-hydrogen) atoms. The summed E-state index contributed by atoms with van der Waals surface area (Å²) in [6.07, 6.45) is 1.21. The Morgan fingerprint density at radius 2 is 0.972 bits per heavy atom. The molecule has 0 saturated heterocycles. The summed E-state index contributed by atoms with van der Waals surface area (Å²) in [5.41, 5.74) is 3.82. The van der Waals surface area contributed by atoms with E-state index in [0.29, 0.717) is 17.1 Å². The summed E-state index contributed by atoms with van der Waals surface area (Å²) in [6, 6.07) is 33.4. The van der Waals surface area contributed by atoms with Crippen LogP contribution in [0, 0.1) is 0 Å². The second-order valence-electron chi connectivity index (χ2n) is 7.62. The standard InChI is InChI=1S/C29H23N3O4/c33-26(35-31-28(22-12-4-1-5-13-22)23-14-6-2-7-15-23)19-20-27(34)36-32-29(24-16-8-3-9-17-24)25-18-10-11-21-30-25/h1-18,21H,19-20H2/b32-29+. The molecule has 0 amide bonds. The molecule has 0 aliphatic rings. The first kappa shape index (κ1) is 24.2. The van der Waals surface area contributed by atoms with Gasteiger partial charge in [0, 0.05) is 22.9 Å². The fourth-order valence-corrected chi connectivity index (χ4v) is 3.30. The zero-order chi connectivity index (χ0) is 25.0. The van der Waals surface area contributed by atoms with E-state index in [9.17, 15) is 9.59 Å². The average molecular weight is 478 g/mol. The Bertz CT molecular complexity index is 1150. The van der Waals surface area contributed by atoms with Crippen LogP contribution in [0.25, 0.3) is 0 Å². The van der Waals surface area contributed by atoms with E-state index in [1.165, 1.54) is 0 Å². The number of oxime groups is 2. The maximum atomic E-state index is 12.3. The molecule has 1 heterocycles. The Morgan fingerprint density at radius 1 is 0.556 bits per heavy atom. The van der Waals surface area contributed by atoms with Crippen molar-refractivity contribution in [2.24, 2.45) is 10.3 Å². The number of nitrogens with zero attached hydrogens (tertiary/aromatic N) is 3. The van der Waals surface area contributed by atoms with Crippen molar-refractivity contribution in [2.75, 3.05) is 0 Å². The van der Waals surface area contributed by atoms with Gasteiger partial charge in [-0.2, -0.15) is 0 Å². The van der Waals surface area contributed by atoms with Gasteiger partial charge < -0.3 is 9.68 Å². The fraction of sp³-hybridized carbons (Fsp3) is 0.0690. The third kappa shape index (κ3) is 6.80. The first-order valence-corrected chi connectivity index (χ1v) is 11.3. The number of pyridine rings is 1. The summed E-state index contributed by atoms with van der Waals surface area (Å²) in [4.78, 5) is 39.1. The molecule has 0 saturated carbocycles. The second kappa shape index (κ2) is 12.5. The van der Waals surface area contributed by atoms with Crippen LogP contribution in [0.5, 0.6) is 0 Å². The molecule has 4 rings (SSSR count). The minimum Gasteiger partial charge on any atom is -0.318 e. The normalized spacial score (nSPS) is 10.8. The zero-order valence-corrected chi connectivity index (χ0v) is 19.4. The van der Waals surface area contributed by atoms with Crippen molar-refractivity contribution in [3.63, 3.8) is 0 Å². The van der Waals surface area contributed by atoms with E-state index in [-0.39, 0.29) is 12.8 Å². The average Bonchev–Trinajstić information content (AvgIpc) is 2.94. The number of rotatable bonds is 9. The lowest BCUT2D eigenvalue weighted by Crippen LogP contribution is -2.11. The van der Waals surface area contributed by atoms with Crippen molar-refractivity contribution in [1.82, 2.24) is 4.98 Å². The predicted molar refractivity (Wildman–Crippen MR) is 136 cm³/mol. The lowest BCUT2D eigenvalue weighted by atomic mass is 10.0. The maximum absolute atomic E-state index is 12.3. The van der Waals surface area contributed by atoms with Gasteiger partial charge in [0.2, 0.25) is 0 Å². The SMILES string of the molecule is O=C(CCC(=O)O/N=C(\c1ccccc1)c1ccccn1)ON=C(c1ccccc1)c1ccccc1. The summed E-state index contributed by atoms with van der Waals surface area (Å²) in [7, 11) is 0. The fourth-order valence-electron chi connectivity index (χ4n) is 3.30. The molecule has 0 bridgehead atoms. The Balaban J connectivity index is 1.39. The quantitative estimate of drug-likeness (QED) is 0.189. The van der Waals surface area contributed by atoms with Crippen molar-refractivity contribution in [3.05, 3.63) is 138 Å².